The Morgan fingerprint density at radius 2 is 1.62 bits per heavy atom. The highest BCUT2D eigenvalue weighted by Gasteiger charge is 2.22. The summed E-state index contributed by atoms with van der Waals surface area (Å²) in [5, 5.41) is 12.5. The Morgan fingerprint density at radius 1 is 0.906 bits per heavy atom. The second-order valence-electron chi connectivity index (χ2n) is 8.60. The van der Waals surface area contributed by atoms with Crippen molar-refractivity contribution < 1.29 is 9.59 Å². The fourth-order valence-electron chi connectivity index (χ4n) is 3.43. The van der Waals surface area contributed by atoms with Gasteiger partial charge in [-0.25, -0.2) is 9.48 Å². The lowest BCUT2D eigenvalue weighted by Crippen LogP contribution is -2.21. The minimum atomic E-state index is -0.529. The number of anilines is 2. The molecule has 1 aromatic heterocycles. The van der Waals surface area contributed by atoms with Crippen LogP contribution in [0.15, 0.2) is 72.8 Å². The number of rotatable bonds is 4. The van der Waals surface area contributed by atoms with Gasteiger partial charge in [0.25, 0.3) is 0 Å². The summed E-state index contributed by atoms with van der Waals surface area (Å²) < 4.78 is 1.61. The number of nitrogens with two attached hydrogens (primary N) is 1. The maximum atomic E-state index is 12.9. The highest BCUT2D eigenvalue weighted by molar-refractivity contribution is 6.06. The number of hydrogen-bond acceptors (Lipinski definition) is 3. The van der Waals surface area contributed by atoms with Crippen molar-refractivity contribution in [2.24, 2.45) is 5.73 Å². The van der Waals surface area contributed by atoms with E-state index in [4.69, 9.17) is 5.73 Å². The summed E-state index contributed by atoms with van der Waals surface area (Å²) in [6.07, 6.45) is 0. The third kappa shape index (κ3) is 4.32. The molecule has 3 aromatic carbocycles. The van der Waals surface area contributed by atoms with Gasteiger partial charge in [0, 0.05) is 22.4 Å². The van der Waals surface area contributed by atoms with Gasteiger partial charge in [0.2, 0.25) is 5.91 Å². The largest absolute Gasteiger partial charge is 0.366 e. The van der Waals surface area contributed by atoms with E-state index in [2.05, 4.69) is 15.7 Å². The van der Waals surface area contributed by atoms with E-state index in [9.17, 15) is 9.59 Å². The number of hydrogen-bond donors (Lipinski definition) is 3. The molecule has 0 radical (unpaired) electrons. The number of primary amides is 1. The van der Waals surface area contributed by atoms with E-state index >= 15 is 0 Å². The molecule has 0 saturated carbocycles. The van der Waals surface area contributed by atoms with Gasteiger partial charge in [-0.1, -0.05) is 63.2 Å². The van der Waals surface area contributed by atoms with Crippen LogP contribution in [0.1, 0.15) is 36.8 Å². The summed E-state index contributed by atoms with van der Waals surface area (Å²) in [5.41, 5.74) is 7.68. The third-order valence-electron chi connectivity index (χ3n) is 5.13. The number of benzene rings is 3. The summed E-state index contributed by atoms with van der Waals surface area (Å²) in [4.78, 5) is 24.5. The first-order chi connectivity index (χ1) is 15.2. The molecule has 3 amide bonds. The molecule has 162 valence electrons. The average molecular weight is 428 g/mol. The van der Waals surface area contributed by atoms with Crippen molar-refractivity contribution in [1.82, 2.24) is 9.78 Å². The topological polar surface area (TPSA) is 102 Å². The summed E-state index contributed by atoms with van der Waals surface area (Å²) in [7, 11) is 0. The van der Waals surface area contributed by atoms with Crippen molar-refractivity contribution >= 4 is 34.2 Å². The van der Waals surface area contributed by atoms with Crippen LogP contribution in [0.4, 0.5) is 16.3 Å². The molecular formula is C25H25N5O2. The molecule has 0 atom stereocenters. The van der Waals surface area contributed by atoms with Crippen LogP contribution in [0, 0.1) is 0 Å². The van der Waals surface area contributed by atoms with Gasteiger partial charge in [0.15, 0.2) is 0 Å². The van der Waals surface area contributed by atoms with Crippen LogP contribution < -0.4 is 16.4 Å². The van der Waals surface area contributed by atoms with Gasteiger partial charge in [0.1, 0.15) is 5.82 Å². The lowest BCUT2D eigenvalue weighted by Gasteiger charge is -2.14. The van der Waals surface area contributed by atoms with Crippen LogP contribution in [0.25, 0.3) is 16.5 Å². The van der Waals surface area contributed by atoms with Crippen LogP contribution in [0.2, 0.25) is 0 Å². The molecule has 0 aliphatic carbocycles. The molecule has 0 aliphatic rings. The standard InChI is InChI=1S/C25H25N5O2/c1-25(2,3)21-15-22(30(29-21)18-11-6-10-17(14-18)23(26)31)28-24(32)27-20-13-7-9-16-8-4-5-12-19(16)20/h4-15H,1-3H3,(H2,26,31)(H2,27,28,32). The molecule has 7 nitrogen and oxygen atoms in total. The first kappa shape index (κ1) is 21.1. The van der Waals surface area contributed by atoms with Crippen molar-refractivity contribution in [2.75, 3.05) is 10.6 Å². The van der Waals surface area contributed by atoms with Crippen molar-refractivity contribution in [1.29, 1.82) is 0 Å². The number of nitrogens with zero attached hydrogens (tertiary/aromatic N) is 2. The van der Waals surface area contributed by atoms with Crippen LogP contribution >= 0.6 is 0 Å². The zero-order valence-corrected chi connectivity index (χ0v) is 18.2. The van der Waals surface area contributed by atoms with Gasteiger partial charge in [-0.2, -0.15) is 5.10 Å². The second-order valence-corrected chi connectivity index (χ2v) is 8.60. The molecule has 0 aliphatic heterocycles. The predicted molar refractivity (Wildman–Crippen MR) is 127 cm³/mol. The van der Waals surface area contributed by atoms with Crippen molar-refractivity contribution in [3.05, 3.63) is 84.1 Å². The van der Waals surface area contributed by atoms with Gasteiger partial charge in [-0.15, -0.1) is 0 Å². The zero-order chi connectivity index (χ0) is 22.9. The van der Waals surface area contributed by atoms with E-state index in [-0.39, 0.29) is 5.41 Å². The molecule has 4 rings (SSSR count). The lowest BCUT2D eigenvalue weighted by molar-refractivity contribution is 0.1000. The van der Waals surface area contributed by atoms with E-state index in [0.29, 0.717) is 22.8 Å². The normalized spacial score (nSPS) is 11.3. The maximum absolute atomic E-state index is 12.9. The maximum Gasteiger partial charge on any atom is 0.324 e. The van der Waals surface area contributed by atoms with Crippen LogP contribution in [-0.4, -0.2) is 21.7 Å². The van der Waals surface area contributed by atoms with Gasteiger partial charge in [-0.3, -0.25) is 10.1 Å². The highest BCUT2D eigenvalue weighted by Crippen LogP contribution is 2.27. The number of carbonyl (C=O) groups is 2. The molecule has 4 aromatic rings. The predicted octanol–water partition coefficient (Wildman–Crippen LogP) is 5.07. The molecule has 0 fully saturated rings. The monoisotopic (exact) mass is 427 g/mol. The molecule has 0 unspecified atom stereocenters. The van der Waals surface area contributed by atoms with Crippen LogP contribution in [0.5, 0.6) is 0 Å². The third-order valence-corrected chi connectivity index (χ3v) is 5.13. The summed E-state index contributed by atoms with van der Waals surface area (Å²) in [6.45, 7) is 6.12. The van der Waals surface area contributed by atoms with Gasteiger partial charge < -0.3 is 11.1 Å². The Morgan fingerprint density at radius 3 is 2.38 bits per heavy atom. The van der Waals surface area contributed by atoms with E-state index in [1.165, 1.54) is 0 Å². The fraction of sp³-hybridized carbons (Fsp3) is 0.160. The quantitative estimate of drug-likeness (QED) is 0.424. The number of urea groups is 1. The van der Waals surface area contributed by atoms with E-state index < -0.39 is 11.9 Å². The Hall–Kier alpha value is -4.13. The Balaban J connectivity index is 1.68. The first-order valence-electron chi connectivity index (χ1n) is 10.3. The van der Waals surface area contributed by atoms with Crippen molar-refractivity contribution in [3.63, 3.8) is 0 Å². The Kier molecular flexibility index (Phi) is 5.40. The van der Waals surface area contributed by atoms with E-state index in [0.717, 1.165) is 16.5 Å². The first-order valence-corrected chi connectivity index (χ1v) is 10.3. The average Bonchev–Trinajstić information content (AvgIpc) is 3.18. The Labute approximate surface area is 186 Å². The number of aromatic nitrogens is 2. The molecule has 1 heterocycles. The lowest BCUT2D eigenvalue weighted by atomic mass is 9.92. The number of amides is 3. The fourth-order valence-corrected chi connectivity index (χ4v) is 3.43. The zero-order valence-electron chi connectivity index (χ0n) is 18.2. The van der Waals surface area contributed by atoms with Gasteiger partial charge in [-0.05, 0) is 29.7 Å². The number of carbonyl (C=O) groups excluding carboxylic acids is 2. The van der Waals surface area contributed by atoms with Crippen LogP contribution in [-0.2, 0) is 5.41 Å². The molecule has 4 N–H and O–H groups in total. The smallest absolute Gasteiger partial charge is 0.324 e. The molecule has 0 bridgehead atoms. The Bertz CT molecular complexity index is 1310. The summed E-state index contributed by atoms with van der Waals surface area (Å²) in [5.74, 6) is -0.0486. The summed E-state index contributed by atoms with van der Waals surface area (Å²) >= 11 is 0. The second kappa shape index (κ2) is 8.19. The molecule has 0 spiro atoms. The SMILES string of the molecule is CC(C)(C)c1cc(NC(=O)Nc2cccc3ccccc23)n(-c2cccc(C(N)=O)c2)n1. The minimum Gasteiger partial charge on any atom is -0.366 e. The number of nitrogens with one attached hydrogen (secondary N) is 2. The minimum absolute atomic E-state index is 0.241. The van der Waals surface area contributed by atoms with E-state index in [1.807, 2.05) is 69.3 Å². The van der Waals surface area contributed by atoms with Gasteiger partial charge in [0.05, 0.1) is 17.1 Å². The molecule has 0 saturated heterocycles. The van der Waals surface area contributed by atoms with Gasteiger partial charge >= 0.3 is 6.03 Å². The molecule has 32 heavy (non-hydrogen) atoms. The van der Waals surface area contributed by atoms with E-state index in [1.54, 1.807) is 28.9 Å². The highest BCUT2D eigenvalue weighted by atomic mass is 16.2. The van der Waals surface area contributed by atoms with Crippen molar-refractivity contribution in [3.8, 4) is 5.69 Å². The molecule has 7 heteroatoms. The van der Waals surface area contributed by atoms with Crippen LogP contribution in [0.3, 0.4) is 0 Å². The van der Waals surface area contributed by atoms with Crippen molar-refractivity contribution in [2.45, 2.75) is 26.2 Å². The molecular weight excluding hydrogens is 402 g/mol. The number of fused-ring (bicyclic) bond motifs is 1. The summed E-state index contributed by atoms with van der Waals surface area (Å²) in [6, 6.07) is 21.9.